The Labute approximate surface area is 99.2 Å². The van der Waals surface area contributed by atoms with Crippen molar-refractivity contribution in [1.82, 2.24) is 4.98 Å². The molecule has 1 aromatic heterocycles. The van der Waals surface area contributed by atoms with Crippen LogP contribution in [0.15, 0.2) is 29.6 Å². The average molecular weight is 234 g/mol. The molecule has 0 radical (unpaired) electrons. The van der Waals surface area contributed by atoms with Gasteiger partial charge in [-0.1, -0.05) is 19.4 Å². The zero-order valence-electron chi connectivity index (χ0n) is 9.63. The van der Waals surface area contributed by atoms with Crippen molar-refractivity contribution in [2.24, 2.45) is 5.18 Å². The number of aromatic nitrogens is 1. The van der Waals surface area contributed by atoms with Crippen molar-refractivity contribution in [1.29, 1.82) is 0 Å². The lowest BCUT2D eigenvalue weighted by molar-refractivity contribution is -0.119. The first-order valence-electron chi connectivity index (χ1n) is 5.51. The van der Waals surface area contributed by atoms with E-state index in [2.05, 4.69) is 10.2 Å². The molecule has 1 rings (SSSR count). The van der Waals surface area contributed by atoms with Gasteiger partial charge in [0.1, 0.15) is 5.69 Å². The Balaban J connectivity index is 2.78. The molecule has 0 aliphatic carbocycles. The number of carbonyl (C=O) groups excluding carboxylic acids is 2. The molecule has 1 heterocycles. The Kier molecular flexibility index (Phi) is 5.13. The summed E-state index contributed by atoms with van der Waals surface area (Å²) in [6, 6.07) is 3.29. The maximum absolute atomic E-state index is 11.8. The molecule has 17 heavy (non-hydrogen) atoms. The summed E-state index contributed by atoms with van der Waals surface area (Å²) in [6.07, 6.45) is 3.12. The predicted molar refractivity (Wildman–Crippen MR) is 62.7 cm³/mol. The number of pyridine rings is 1. The van der Waals surface area contributed by atoms with Gasteiger partial charge >= 0.3 is 0 Å². The molecule has 0 fully saturated rings. The highest BCUT2D eigenvalue weighted by Gasteiger charge is 2.28. The highest BCUT2D eigenvalue weighted by atomic mass is 16.3. The number of nitrogens with zero attached hydrogens (tertiary/aromatic N) is 2. The highest BCUT2D eigenvalue weighted by molar-refractivity contribution is 6.13. The van der Waals surface area contributed by atoms with Crippen molar-refractivity contribution >= 4 is 11.6 Å². The number of rotatable bonds is 7. The van der Waals surface area contributed by atoms with E-state index in [0.29, 0.717) is 6.42 Å². The van der Waals surface area contributed by atoms with E-state index in [0.717, 1.165) is 6.42 Å². The van der Waals surface area contributed by atoms with Gasteiger partial charge < -0.3 is 0 Å². The third-order valence-electron chi connectivity index (χ3n) is 2.35. The molecule has 0 aliphatic heterocycles. The van der Waals surface area contributed by atoms with E-state index in [1.807, 2.05) is 6.92 Å². The molecule has 1 aromatic rings. The second-order valence-corrected chi connectivity index (χ2v) is 3.66. The summed E-state index contributed by atoms with van der Waals surface area (Å²) in [5.74, 6) is -1.06. The molecule has 5 nitrogen and oxygen atoms in total. The van der Waals surface area contributed by atoms with Gasteiger partial charge in [0.25, 0.3) is 0 Å². The summed E-state index contributed by atoms with van der Waals surface area (Å²) in [5.41, 5.74) is 0.0990. The summed E-state index contributed by atoms with van der Waals surface area (Å²) in [5, 5.41) is 2.63. The van der Waals surface area contributed by atoms with E-state index in [1.165, 1.54) is 12.3 Å². The third-order valence-corrected chi connectivity index (χ3v) is 2.35. The van der Waals surface area contributed by atoms with Crippen molar-refractivity contribution in [2.45, 2.75) is 32.2 Å². The van der Waals surface area contributed by atoms with Crippen LogP contribution in [0, 0.1) is 4.91 Å². The lowest BCUT2D eigenvalue weighted by atomic mass is 10.0. The molecule has 0 bridgehead atoms. The molecule has 1 unspecified atom stereocenters. The molecular weight excluding hydrogens is 220 g/mol. The minimum atomic E-state index is -1.45. The molecule has 0 aromatic carbocycles. The van der Waals surface area contributed by atoms with Gasteiger partial charge in [-0.2, -0.15) is 0 Å². The maximum atomic E-state index is 11.8. The summed E-state index contributed by atoms with van der Waals surface area (Å²) in [6.45, 7) is 1.93. The Morgan fingerprint density at radius 1 is 1.41 bits per heavy atom. The molecule has 0 amide bonds. The Morgan fingerprint density at radius 3 is 2.71 bits per heavy atom. The number of nitroso groups, excluding NO2 is 1. The SMILES string of the molecule is CCCCC(=O)C(N=O)C(=O)c1ccccn1. The largest absolute Gasteiger partial charge is 0.297 e. The van der Waals surface area contributed by atoms with Crippen LogP contribution >= 0.6 is 0 Å². The van der Waals surface area contributed by atoms with Gasteiger partial charge in [-0.15, -0.1) is 4.91 Å². The summed E-state index contributed by atoms with van der Waals surface area (Å²) >= 11 is 0. The Hall–Kier alpha value is -1.91. The van der Waals surface area contributed by atoms with Crippen molar-refractivity contribution in [3.63, 3.8) is 0 Å². The van der Waals surface area contributed by atoms with Crippen molar-refractivity contribution in [3.05, 3.63) is 35.0 Å². The third kappa shape index (κ3) is 3.55. The van der Waals surface area contributed by atoms with Gasteiger partial charge in [0.05, 0.1) is 0 Å². The van der Waals surface area contributed by atoms with Crippen LogP contribution in [0.3, 0.4) is 0 Å². The molecule has 0 aliphatic rings. The van der Waals surface area contributed by atoms with Gasteiger partial charge in [-0.3, -0.25) is 14.6 Å². The van der Waals surface area contributed by atoms with Crippen LogP contribution in [0.2, 0.25) is 0 Å². The lowest BCUT2D eigenvalue weighted by Crippen LogP contribution is -2.28. The normalized spacial score (nSPS) is 11.8. The van der Waals surface area contributed by atoms with E-state index in [4.69, 9.17) is 0 Å². The molecule has 1 atom stereocenters. The van der Waals surface area contributed by atoms with Crippen LogP contribution in [0.5, 0.6) is 0 Å². The van der Waals surface area contributed by atoms with E-state index < -0.39 is 17.6 Å². The summed E-state index contributed by atoms with van der Waals surface area (Å²) in [4.78, 5) is 37.8. The zero-order chi connectivity index (χ0) is 12.7. The number of unbranched alkanes of at least 4 members (excludes halogenated alkanes) is 1. The van der Waals surface area contributed by atoms with E-state index >= 15 is 0 Å². The monoisotopic (exact) mass is 234 g/mol. The maximum Gasteiger partial charge on any atom is 0.216 e. The van der Waals surface area contributed by atoms with Crippen molar-refractivity contribution in [3.8, 4) is 0 Å². The molecule has 90 valence electrons. The molecule has 5 heteroatoms. The topological polar surface area (TPSA) is 76.5 Å². The fourth-order valence-corrected chi connectivity index (χ4v) is 1.39. The minimum Gasteiger partial charge on any atom is -0.297 e. The van der Waals surface area contributed by atoms with Crippen LogP contribution in [0.4, 0.5) is 0 Å². The average Bonchev–Trinajstić information content (AvgIpc) is 2.38. The number of carbonyl (C=O) groups is 2. The molecule has 0 saturated heterocycles. The summed E-state index contributed by atoms with van der Waals surface area (Å²) < 4.78 is 0. The second kappa shape index (κ2) is 6.62. The van der Waals surface area contributed by atoms with Crippen LogP contribution < -0.4 is 0 Å². The van der Waals surface area contributed by atoms with Crippen LogP contribution in [0.25, 0.3) is 0 Å². The standard InChI is InChI=1S/C12H14N2O3/c1-2-3-7-10(15)11(14-17)12(16)9-6-4-5-8-13-9/h4-6,8,11H,2-3,7H2,1H3. The molecular formula is C12H14N2O3. The first-order valence-corrected chi connectivity index (χ1v) is 5.51. The number of hydrogen-bond acceptors (Lipinski definition) is 5. The number of hydrogen-bond donors (Lipinski definition) is 0. The first kappa shape index (κ1) is 13.2. The van der Waals surface area contributed by atoms with E-state index in [-0.39, 0.29) is 12.1 Å². The number of ketones is 2. The van der Waals surface area contributed by atoms with Crippen LogP contribution in [-0.2, 0) is 4.79 Å². The van der Waals surface area contributed by atoms with Crippen LogP contribution in [0.1, 0.15) is 36.7 Å². The molecule has 0 saturated carbocycles. The first-order chi connectivity index (χ1) is 8.20. The van der Waals surface area contributed by atoms with Crippen molar-refractivity contribution in [2.75, 3.05) is 0 Å². The molecule has 0 spiro atoms. The Morgan fingerprint density at radius 2 is 2.18 bits per heavy atom. The van der Waals surface area contributed by atoms with Gasteiger partial charge in [0, 0.05) is 12.6 Å². The van der Waals surface area contributed by atoms with Crippen LogP contribution in [-0.4, -0.2) is 22.6 Å². The smallest absolute Gasteiger partial charge is 0.216 e. The highest BCUT2D eigenvalue weighted by Crippen LogP contribution is 2.08. The van der Waals surface area contributed by atoms with Gasteiger partial charge in [0.2, 0.25) is 11.8 Å². The van der Waals surface area contributed by atoms with E-state index in [9.17, 15) is 14.5 Å². The quantitative estimate of drug-likeness (QED) is 0.411. The fourth-order valence-electron chi connectivity index (χ4n) is 1.39. The lowest BCUT2D eigenvalue weighted by Gasteiger charge is -2.05. The fraction of sp³-hybridized carbons (Fsp3) is 0.417. The van der Waals surface area contributed by atoms with Gasteiger partial charge in [-0.05, 0) is 23.7 Å². The van der Waals surface area contributed by atoms with Gasteiger partial charge in [0.15, 0.2) is 5.78 Å². The zero-order valence-corrected chi connectivity index (χ0v) is 9.63. The predicted octanol–water partition coefficient (Wildman–Crippen LogP) is 2.16. The summed E-state index contributed by atoms with van der Waals surface area (Å²) in [7, 11) is 0. The van der Waals surface area contributed by atoms with Crippen molar-refractivity contribution < 1.29 is 9.59 Å². The number of Topliss-reactive ketones (excluding diaryl/α,β-unsaturated/α-hetero) is 2. The van der Waals surface area contributed by atoms with Gasteiger partial charge in [-0.25, -0.2) is 0 Å². The second-order valence-electron chi connectivity index (χ2n) is 3.66. The Bertz CT molecular complexity index is 403. The minimum absolute atomic E-state index is 0.0990. The molecule has 0 N–H and O–H groups in total. The van der Waals surface area contributed by atoms with E-state index in [1.54, 1.807) is 12.1 Å².